The molecule has 0 amide bonds. The number of hydrogen-bond donors (Lipinski definition) is 1. The fourth-order valence-corrected chi connectivity index (χ4v) is 2.85. The first-order valence-electron chi connectivity index (χ1n) is 7.64. The molecule has 0 saturated heterocycles. The Morgan fingerprint density at radius 2 is 2.17 bits per heavy atom. The lowest BCUT2D eigenvalue weighted by Gasteiger charge is -2.12. The Bertz CT molecular complexity index is 926. The Balaban J connectivity index is 2.08. The van der Waals surface area contributed by atoms with E-state index in [2.05, 4.69) is 43.2 Å². The predicted octanol–water partition coefficient (Wildman–Crippen LogP) is 2.32. The van der Waals surface area contributed by atoms with Crippen LogP contribution in [0.25, 0.3) is 5.65 Å². The summed E-state index contributed by atoms with van der Waals surface area (Å²) >= 11 is 0. The summed E-state index contributed by atoms with van der Waals surface area (Å²) in [5.74, 6) is 0.693. The fourth-order valence-electron chi connectivity index (χ4n) is 2.54. The highest BCUT2D eigenvalue weighted by molar-refractivity contribution is 7.27. The number of allylic oxidation sites excluding steroid dienone is 1. The number of rotatable bonds is 4. The molecular weight excluding hydrogens is 317 g/mol. The van der Waals surface area contributed by atoms with E-state index in [1.165, 1.54) is 10.9 Å². The van der Waals surface area contributed by atoms with E-state index in [1.54, 1.807) is 13.2 Å². The zero-order valence-corrected chi connectivity index (χ0v) is 15.0. The van der Waals surface area contributed by atoms with E-state index in [4.69, 9.17) is 4.98 Å². The van der Waals surface area contributed by atoms with Crippen molar-refractivity contribution in [1.82, 2.24) is 19.7 Å². The van der Waals surface area contributed by atoms with Gasteiger partial charge in [0.25, 0.3) is 0 Å². The first-order chi connectivity index (χ1) is 11.6. The molecule has 2 aromatic heterocycles. The molecule has 0 bridgehead atoms. The van der Waals surface area contributed by atoms with Gasteiger partial charge in [-0.05, 0) is 17.8 Å². The monoisotopic (exact) mass is 337 g/mol. The number of aliphatic imine (C=N–C) groups is 1. The molecule has 0 aliphatic carbocycles. The molecule has 1 N–H and O–H groups in total. The Labute approximate surface area is 143 Å². The second kappa shape index (κ2) is 6.93. The van der Waals surface area contributed by atoms with Crippen LogP contribution in [0.5, 0.6) is 0 Å². The van der Waals surface area contributed by atoms with Crippen LogP contribution in [0.15, 0.2) is 60.1 Å². The number of nitrogens with zero attached hydrogens (tertiary/aromatic N) is 4. The lowest BCUT2D eigenvalue weighted by molar-refractivity contribution is 0.992. The highest BCUT2D eigenvalue weighted by Gasteiger charge is 2.13. The van der Waals surface area contributed by atoms with Crippen LogP contribution in [-0.2, 0) is 6.42 Å². The van der Waals surface area contributed by atoms with E-state index in [1.807, 2.05) is 35.9 Å². The predicted molar refractivity (Wildman–Crippen MR) is 102 cm³/mol. The van der Waals surface area contributed by atoms with Gasteiger partial charge < -0.3 is 9.72 Å². The summed E-state index contributed by atoms with van der Waals surface area (Å²) in [7, 11) is 4.51. The molecule has 3 rings (SSSR count). The molecule has 2 heterocycles. The Kier molecular flexibility index (Phi) is 4.72. The van der Waals surface area contributed by atoms with E-state index in [9.17, 15) is 0 Å². The molecule has 0 spiro atoms. The minimum absolute atomic E-state index is 0.693. The number of imidazole rings is 1. The third-order valence-electron chi connectivity index (χ3n) is 3.65. The van der Waals surface area contributed by atoms with E-state index in [0.717, 1.165) is 22.7 Å². The van der Waals surface area contributed by atoms with Crippen molar-refractivity contribution in [2.24, 2.45) is 4.99 Å². The molecule has 0 fully saturated rings. The number of fused-ring (bicyclic) bond motifs is 1. The van der Waals surface area contributed by atoms with Crippen molar-refractivity contribution >= 4 is 26.0 Å². The Morgan fingerprint density at radius 1 is 1.38 bits per heavy atom. The molecule has 24 heavy (non-hydrogen) atoms. The molecule has 0 aliphatic rings. The largest absolute Gasteiger partial charge is 0.343 e. The molecule has 1 unspecified atom stereocenters. The number of aromatic nitrogens is 3. The maximum Gasteiger partial charge on any atom is 0.158 e. The summed E-state index contributed by atoms with van der Waals surface area (Å²) in [5.41, 5.74) is 4.57. The van der Waals surface area contributed by atoms with Gasteiger partial charge in [-0.3, -0.25) is 4.99 Å². The van der Waals surface area contributed by atoms with Gasteiger partial charge in [0.15, 0.2) is 11.5 Å². The molecule has 6 heteroatoms. The van der Waals surface area contributed by atoms with Gasteiger partial charge in [0.2, 0.25) is 0 Å². The Morgan fingerprint density at radius 3 is 2.88 bits per heavy atom. The first-order valence-corrected chi connectivity index (χ1v) is 8.22. The van der Waals surface area contributed by atoms with Gasteiger partial charge in [-0.15, -0.1) is 9.24 Å². The molecule has 0 radical (unpaired) electrons. The summed E-state index contributed by atoms with van der Waals surface area (Å²) < 4.78 is 1.98. The minimum atomic E-state index is 0.693. The fraction of sp³-hybridized carbons (Fsp3) is 0.167. The van der Waals surface area contributed by atoms with Gasteiger partial charge in [-0.1, -0.05) is 30.8 Å². The van der Waals surface area contributed by atoms with Crippen molar-refractivity contribution in [1.29, 1.82) is 0 Å². The zero-order valence-electron chi connectivity index (χ0n) is 13.8. The quantitative estimate of drug-likeness (QED) is 0.452. The molecule has 0 saturated carbocycles. The maximum absolute atomic E-state index is 4.81. The second-order valence-corrected chi connectivity index (χ2v) is 6.21. The van der Waals surface area contributed by atoms with Crippen molar-refractivity contribution in [2.75, 3.05) is 7.05 Å². The van der Waals surface area contributed by atoms with Crippen molar-refractivity contribution in [3.05, 3.63) is 72.1 Å². The molecule has 122 valence electrons. The van der Waals surface area contributed by atoms with Crippen LogP contribution in [0.4, 0.5) is 0 Å². The number of nitrogens with one attached hydrogen (secondary N) is 1. The molecule has 0 aliphatic heterocycles. The number of amidine groups is 1. The molecule has 5 nitrogen and oxygen atoms in total. The van der Waals surface area contributed by atoms with Gasteiger partial charge in [-0.2, -0.15) is 0 Å². The first kappa shape index (κ1) is 16.3. The highest BCUT2D eigenvalue weighted by Crippen LogP contribution is 2.14. The van der Waals surface area contributed by atoms with Crippen LogP contribution < -0.4 is 10.6 Å². The zero-order chi connectivity index (χ0) is 17.1. The van der Waals surface area contributed by atoms with Gasteiger partial charge >= 0.3 is 0 Å². The number of benzene rings is 1. The smallest absolute Gasteiger partial charge is 0.158 e. The maximum atomic E-state index is 4.81. The van der Waals surface area contributed by atoms with Crippen LogP contribution in [0.3, 0.4) is 0 Å². The van der Waals surface area contributed by atoms with Crippen LogP contribution >= 0.6 is 9.24 Å². The topological polar surface area (TPSA) is 54.6 Å². The van der Waals surface area contributed by atoms with E-state index >= 15 is 0 Å². The van der Waals surface area contributed by atoms with Crippen molar-refractivity contribution in [2.45, 2.75) is 13.3 Å². The third kappa shape index (κ3) is 3.36. The second-order valence-electron chi connectivity index (χ2n) is 5.58. The Hall–Kier alpha value is -2.52. The van der Waals surface area contributed by atoms with Gasteiger partial charge in [0.05, 0.1) is 5.69 Å². The van der Waals surface area contributed by atoms with Gasteiger partial charge in [-0.25, -0.2) is 9.97 Å². The molecular formula is C18H20N5P. The summed E-state index contributed by atoms with van der Waals surface area (Å²) in [6.07, 6.45) is 6.34. The van der Waals surface area contributed by atoms with Crippen molar-refractivity contribution in [3.63, 3.8) is 0 Å². The van der Waals surface area contributed by atoms with Crippen molar-refractivity contribution < 1.29 is 0 Å². The SMILES string of the molecule is C=C(C)NC(=NC)c1cn2ccnc2c(Cc2ccccc2P)n1. The van der Waals surface area contributed by atoms with Crippen LogP contribution in [0.2, 0.25) is 0 Å². The average Bonchev–Trinajstić information content (AvgIpc) is 3.03. The summed E-state index contributed by atoms with van der Waals surface area (Å²) in [6, 6.07) is 8.25. The lowest BCUT2D eigenvalue weighted by Crippen LogP contribution is -2.24. The molecule has 1 atom stereocenters. The summed E-state index contributed by atoms with van der Waals surface area (Å²) in [6.45, 7) is 5.78. The summed E-state index contributed by atoms with van der Waals surface area (Å²) in [5, 5.41) is 4.33. The average molecular weight is 337 g/mol. The van der Waals surface area contributed by atoms with E-state index < -0.39 is 0 Å². The van der Waals surface area contributed by atoms with E-state index in [0.29, 0.717) is 12.3 Å². The van der Waals surface area contributed by atoms with Crippen LogP contribution in [0, 0.1) is 0 Å². The minimum Gasteiger partial charge on any atom is -0.343 e. The lowest BCUT2D eigenvalue weighted by atomic mass is 10.1. The normalized spacial score (nSPS) is 11.7. The molecule has 1 aromatic carbocycles. The van der Waals surface area contributed by atoms with Crippen LogP contribution in [-0.4, -0.2) is 27.3 Å². The number of hydrogen-bond acceptors (Lipinski definition) is 3. The molecule has 3 aromatic rings. The summed E-state index contributed by atoms with van der Waals surface area (Å²) in [4.78, 5) is 13.6. The van der Waals surface area contributed by atoms with Crippen LogP contribution in [0.1, 0.15) is 23.9 Å². The highest BCUT2D eigenvalue weighted by atomic mass is 31.0. The standard InChI is InChI=1S/C18H20N5P/c1-12(2)21-17(19-3)15-11-23-9-8-20-18(23)14(22-15)10-13-6-4-5-7-16(13)24/h4-9,11H,1,10,24H2,2-3H3,(H,19,21). The van der Waals surface area contributed by atoms with Gasteiger partial charge in [0, 0.05) is 37.8 Å². The van der Waals surface area contributed by atoms with Crippen molar-refractivity contribution in [3.8, 4) is 0 Å². The van der Waals surface area contributed by atoms with Gasteiger partial charge in [0.1, 0.15) is 5.69 Å². The van der Waals surface area contributed by atoms with E-state index in [-0.39, 0.29) is 0 Å². The third-order valence-corrected chi connectivity index (χ3v) is 4.22.